The average Bonchev–Trinajstić information content (AvgIpc) is 3.17. The topological polar surface area (TPSA) is 87.7 Å². The van der Waals surface area contributed by atoms with Crippen LogP contribution in [0.5, 0.6) is 5.75 Å². The maximum atomic E-state index is 12.9. The van der Waals surface area contributed by atoms with Gasteiger partial charge < -0.3 is 10.1 Å². The molecule has 2 N–H and O–H groups in total. The number of halogens is 1. The predicted molar refractivity (Wildman–Crippen MR) is 99.7 cm³/mol. The lowest BCUT2D eigenvalue weighted by Gasteiger charge is -2.22. The molecule has 2 aromatic carbocycles. The molecule has 138 valence electrons. The number of imide groups is 1. The third kappa shape index (κ3) is 2.86. The van der Waals surface area contributed by atoms with Crippen molar-refractivity contribution in [2.24, 2.45) is 0 Å². The van der Waals surface area contributed by atoms with Gasteiger partial charge in [0.15, 0.2) is 0 Å². The van der Waals surface area contributed by atoms with E-state index < -0.39 is 29.3 Å². The molecule has 0 aromatic heterocycles. The van der Waals surface area contributed by atoms with Crippen molar-refractivity contribution in [2.45, 2.75) is 18.4 Å². The molecule has 2 aromatic rings. The number of rotatable bonds is 3. The lowest BCUT2D eigenvalue weighted by atomic mass is 9.92. The molecule has 0 unspecified atom stereocenters. The number of ether oxygens (including phenoxy) is 1. The Morgan fingerprint density at radius 3 is 2.74 bits per heavy atom. The number of hydrogen-bond donors (Lipinski definition) is 2. The largest absolute Gasteiger partial charge is 0.492 e. The van der Waals surface area contributed by atoms with E-state index in [4.69, 9.17) is 4.74 Å². The zero-order valence-corrected chi connectivity index (χ0v) is 15.9. The lowest BCUT2D eigenvalue weighted by Crippen LogP contribution is -2.49. The highest BCUT2D eigenvalue weighted by Gasteiger charge is 2.50. The average molecular weight is 430 g/mol. The van der Waals surface area contributed by atoms with Crippen molar-refractivity contribution >= 4 is 33.8 Å². The summed E-state index contributed by atoms with van der Waals surface area (Å²) >= 11 is 3.37. The number of fused-ring (bicyclic) bond motifs is 1. The Morgan fingerprint density at radius 1 is 1.26 bits per heavy atom. The van der Waals surface area contributed by atoms with E-state index in [1.54, 1.807) is 43.3 Å². The van der Waals surface area contributed by atoms with Crippen LogP contribution in [0.25, 0.3) is 0 Å². The van der Waals surface area contributed by atoms with Gasteiger partial charge in [-0.2, -0.15) is 5.01 Å². The van der Waals surface area contributed by atoms with Gasteiger partial charge in [0, 0.05) is 10.0 Å². The van der Waals surface area contributed by atoms with Crippen molar-refractivity contribution in [3.8, 4) is 5.75 Å². The Bertz CT molecular complexity index is 949. The van der Waals surface area contributed by atoms with Crippen LogP contribution in [0.3, 0.4) is 0 Å². The minimum absolute atomic E-state index is 0.150. The van der Waals surface area contributed by atoms with Gasteiger partial charge in [-0.05, 0) is 30.7 Å². The van der Waals surface area contributed by atoms with Crippen molar-refractivity contribution in [2.75, 3.05) is 6.61 Å². The van der Waals surface area contributed by atoms with E-state index >= 15 is 0 Å². The molecule has 4 rings (SSSR count). The van der Waals surface area contributed by atoms with E-state index in [0.29, 0.717) is 16.9 Å². The van der Waals surface area contributed by atoms with Crippen molar-refractivity contribution in [3.63, 3.8) is 0 Å². The van der Waals surface area contributed by atoms with Gasteiger partial charge >= 0.3 is 6.03 Å². The Kier molecular flexibility index (Phi) is 4.15. The third-order valence-electron chi connectivity index (χ3n) is 4.83. The number of hydrogen-bond acceptors (Lipinski definition) is 4. The first kappa shape index (κ1) is 17.5. The molecule has 0 aliphatic carbocycles. The molecule has 0 spiro atoms. The predicted octanol–water partition coefficient (Wildman–Crippen LogP) is 2.42. The Labute approximate surface area is 163 Å². The van der Waals surface area contributed by atoms with Crippen LogP contribution < -0.4 is 15.5 Å². The van der Waals surface area contributed by atoms with E-state index in [9.17, 15) is 14.4 Å². The summed E-state index contributed by atoms with van der Waals surface area (Å²) in [6, 6.07) is 13.6. The van der Waals surface area contributed by atoms with Crippen LogP contribution in [0.2, 0.25) is 0 Å². The number of carbonyl (C=O) groups is 3. The van der Waals surface area contributed by atoms with Gasteiger partial charge in [0.25, 0.3) is 5.91 Å². The molecule has 8 heteroatoms. The summed E-state index contributed by atoms with van der Waals surface area (Å²) in [4.78, 5) is 38.0. The summed E-state index contributed by atoms with van der Waals surface area (Å²) in [5.74, 6) is -1.01. The van der Waals surface area contributed by atoms with Gasteiger partial charge in [-0.25, -0.2) is 4.79 Å². The maximum Gasteiger partial charge on any atom is 0.344 e. The van der Waals surface area contributed by atoms with Crippen LogP contribution in [0, 0.1) is 0 Å². The summed E-state index contributed by atoms with van der Waals surface area (Å²) < 4.78 is 6.35. The van der Waals surface area contributed by atoms with E-state index in [0.717, 1.165) is 9.48 Å². The Balaban J connectivity index is 1.56. The molecule has 4 amide bonds. The minimum Gasteiger partial charge on any atom is -0.492 e. The van der Waals surface area contributed by atoms with Crippen molar-refractivity contribution in [1.82, 2.24) is 15.8 Å². The van der Waals surface area contributed by atoms with Gasteiger partial charge in [0.2, 0.25) is 5.91 Å². The highest BCUT2D eigenvalue weighted by molar-refractivity contribution is 9.10. The molecular formula is C19H16BrN3O4. The Hall–Kier alpha value is -2.87. The zero-order valence-electron chi connectivity index (χ0n) is 14.4. The lowest BCUT2D eigenvalue weighted by molar-refractivity contribution is -0.139. The number of carbonyl (C=O) groups excluding carboxylic acids is 3. The van der Waals surface area contributed by atoms with E-state index in [-0.39, 0.29) is 6.61 Å². The molecule has 2 aliphatic rings. The number of nitrogens with zero attached hydrogens (tertiary/aromatic N) is 1. The summed E-state index contributed by atoms with van der Waals surface area (Å²) in [5, 5.41) is 3.40. The molecule has 2 atom stereocenters. The van der Waals surface area contributed by atoms with E-state index in [1.165, 1.54) is 0 Å². The summed E-state index contributed by atoms with van der Waals surface area (Å²) in [6.45, 7) is 1.76. The van der Waals surface area contributed by atoms with Crippen LogP contribution in [-0.4, -0.2) is 29.5 Å². The molecule has 1 saturated heterocycles. The highest BCUT2D eigenvalue weighted by Crippen LogP contribution is 2.36. The van der Waals surface area contributed by atoms with E-state index in [2.05, 4.69) is 26.7 Å². The summed E-state index contributed by atoms with van der Waals surface area (Å²) in [6.07, 6.45) is 0. The molecule has 27 heavy (non-hydrogen) atoms. The first-order valence-corrected chi connectivity index (χ1v) is 9.14. The molecule has 0 bridgehead atoms. The fourth-order valence-electron chi connectivity index (χ4n) is 3.30. The summed E-state index contributed by atoms with van der Waals surface area (Å²) in [5.41, 5.74) is 2.55. The Morgan fingerprint density at radius 2 is 2.00 bits per heavy atom. The zero-order chi connectivity index (χ0) is 19.2. The van der Waals surface area contributed by atoms with Crippen LogP contribution in [0.1, 0.15) is 24.0 Å². The number of hydrazine groups is 1. The van der Waals surface area contributed by atoms with Crippen molar-refractivity contribution < 1.29 is 19.1 Å². The number of benzene rings is 2. The minimum atomic E-state index is -1.24. The van der Waals surface area contributed by atoms with Crippen LogP contribution >= 0.6 is 15.9 Å². The van der Waals surface area contributed by atoms with Crippen LogP contribution in [0.4, 0.5) is 4.79 Å². The SMILES string of the molecule is C[C@]1(c2ccccc2)NC(=O)N(NC(=O)[C@H]2COc3ccc(Br)cc32)C1=O. The summed E-state index contributed by atoms with van der Waals surface area (Å²) in [7, 11) is 0. The van der Waals surface area contributed by atoms with E-state index in [1.807, 2.05) is 12.1 Å². The third-order valence-corrected chi connectivity index (χ3v) is 5.33. The number of amides is 4. The van der Waals surface area contributed by atoms with Gasteiger partial charge in [0.1, 0.15) is 23.8 Å². The first-order chi connectivity index (χ1) is 12.9. The maximum absolute atomic E-state index is 12.9. The van der Waals surface area contributed by atoms with Gasteiger partial charge in [-0.15, -0.1) is 0 Å². The monoisotopic (exact) mass is 429 g/mol. The van der Waals surface area contributed by atoms with Crippen LogP contribution in [-0.2, 0) is 15.1 Å². The second kappa shape index (κ2) is 6.38. The van der Waals surface area contributed by atoms with Gasteiger partial charge in [0.05, 0.1) is 0 Å². The number of nitrogens with one attached hydrogen (secondary N) is 2. The molecule has 0 saturated carbocycles. The second-order valence-corrected chi connectivity index (χ2v) is 7.50. The molecule has 2 heterocycles. The fourth-order valence-corrected chi connectivity index (χ4v) is 3.68. The van der Waals surface area contributed by atoms with Gasteiger partial charge in [-0.3, -0.25) is 15.0 Å². The molecule has 7 nitrogen and oxygen atoms in total. The molecule has 1 fully saturated rings. The van der Waals surface area contributed by atoms with Crippen molar-refractivity contribution in [3.05, 3.63) is 64.1 Å². The molecule has 0 radical (unpaired) electrons. The highest BCUT2D eigenvalue weighted by atomic mass is 79.9. The van der Waals surface area contributed by atoms with Gasteiger partial charge in [-0.1, -0.05) is 46.3 Å². The first-order valence-electron chi connectivity index (χ1n) is 8.35. The van der Waals surface area contributed by atoms with Crippen molar-refractivity contribution in [1.29, 1.82) is 0 Å². The molecule has 2 aliphatic heterocycles. The van der Waals surface area contributed by atoms with Crippen LogP contribution in [0.15, 0.2) is 53.0 Å². The number of urea groups is 1. The smallest absolute Gasteiger partial charge is 0.344 e. The normalized spacial score (nSPS) is 23.6. The molecular weight excluding hydrogens is 414 g/mol. The standard InChI is InChI=1S/C19H16BrN3O4/c1-19(11-5-3-2-4-6-11)17(25)23(18(26)21-19)22-16(24)14-10-27-15-8-7-12(20)9-13(14)15/h2-9,14H,10H2,1H3,(H,21,26)(H,22,24)/t14-,19+/m0/s1. The quantitative estimate of drug-likeness (QED) is 0.733. The second-order valence-electron chi connectivity index (χ2n) is 6.58. The fraction of sp³-hybridized carbons (Fsp3) is 0.211.